The molecule has 2 aromatic heterocycles. The number of aryl methyl sites for hydroxylation is 3. The highest BCUT2D eigenvalue weighted by atomic mass is 35.5. The van der Waals surface area contributed by atoms with E-state index in [1.54, 1.807) is 7.11 Å². The van der Waals surface area contributed by atoms with Crippen molar-refractivity contribution in [3.63, 3.8) is 0 Å². The number of halogens is 1. The van der Waals surface area contributed by atoms with Gasteiger partial charge in [-0.25, -0.2) is 4.98 Å². The number of carboxylic acid groups (broad SMARTS) is 1. The quantitative estimate of drug-likeness (QED) is 0.285. The average molecular weight is 523 g/mol. The van der Waals surface area contributed by atoms with E-state index in [-0.39, 0.29) is 24.7 Å². The zero-order valence-corrected chi connectivity index (χ0v) is 21.6. The molecule has 1 atom stereocenters. The molecule has 0 amide bonds. The van der Waals surface area contributed by atoms with Crippen LogP contribution in [0.4, 0.5) is 5.82 Å². The van der Waals surface area contributed by atoms with Crippen LogP contribution in [0.25, 0.3) is 10.8 Å². The number of benzene rings is 2. The molecule has 0 radical (unpaired) electrons. The van der Waals surface area contributed by atoms with Crippen molar-refractivity contribution < 1.29 is 19.2 Å². The Kier molecular flexibility index (Phi) is 8.61. The van der Waals surface area contributed by atoms with Crippen molar-refractivity contribution in [1.29, 1.82) is 0 Å². The van der Waals surface area contributed by atoms with Crippen LogP contribution in [0.15, 0.2) is 53.1 Å². The molecule has 0 bridgehead atoms. The summed E-state index contributed by atoms with van der Waals surface area (Å²) in [5.41, 5.74) is 3.28. The fourth-order valence-corrected chi connectivity index (χ4v) is 4.76. The Morgan fingerprint density at radius 2 is 1.95 bits per heavy atom. The van der Waals surface area contributed by atoms with Gasteiger partial charge in [0.2, 0.25) is 5.89 Å². The molecule has 1 aliphatic rings. The molecule has 9 heteroatoms. The fourth-order valence-electron chi connectivity index (χ4n) is 4.76. The molecule has 0 saturated heterocycles. The molecular weight excluding hydrogens is 492 g/mol. The maximum atomic E-state index is 11.6. The number of methoxy groups -OCH3 is 1. The summed E-state index contributed by atoms with van der Waals surface area (Å²) in [6, 6.07) is 16.1. The number of ether oxygens (including phenoxy) is 1. The van der Waals surface area contributed by atoms with E-state index in [9.17, 15) is 9.90 Å². The third-order valence-corrected chi connectivity index (χ3v) is 6.68. The Bertz CT molecular complexity index is 1370. The molecule has 2 aromatic carbocycles. The van der Waals surface area contributed by atoms with E-state index in [0.717, 1.165) is 65.8 Å². The number of aliphatic carboxylic acids is 1. The maximum Gasteiger partial charge on any atom is 0.303 e. The molecule has 1 unspecified atom stereocenters. The number of anilines is 1. The lowest BCUT2D eigenvalue weighted by Crippen LogP contribution is -2.14. The third kappa shape index (κ3) is 6.57. The Hall–Kier alpha value is -3.65. The van der Waals surface area contributed by atoms with Crippen LogP contribution in [-0.2, 0) is 30.5 Å². The molecule has 4 aromatic rings. The average Bonchev–Trinajstić information content (AvgIpc) is 3.34. The maximum absolute atomic E-state index is 11.6. The van der Waals surface area contributed by atoms with Gasteiger partial charge in [-0.1, -0.05) is 35.5 Å². The highest BCUT2D eigenvalue weighted by Crippen LogP contribution is 2.29. The van der Waals surface area contributed by atoms with Crippen molar-refractivity contribution >= 4 is 35.0 Å². The van der Waals surface area contributed by atoms with Crippen LogP contribution >= 0.6 is 12.4 Å². The number of hydrogen-bond donors (Lipinski definition) is 2. The van der Waals surface area contributed by atoms with Crippen LogP contribution in [0.3, 0.4) is 0 Å². The van der Waals surface area contributed by atoms with Crippen LogP contribution < -0.4 is 10.1 Å². The molecule has 37 heavy (non-hydrogen) atoms. The molecule has 5 rings (SSSR count). The molecule has 1 aliphatic heterocycles. The molecule has 3 heterocycles. The van der Waals surface area contributed by atoms with Gasteiger partial charge in [0.1, 0.15) is 11.6 Å². The number of hydrogen-bond acceptors (Lipinski definition) is 7. The van der Waals surface area contributed by atoms with E-state index in [1.807, 2.05) is 36.4 Å². The standard InChI is InChI=1S/C28H30N4O4.ClH/c1-35-24-12-10-19-14-20(7-8-21(19)15-24)22(17-27(33)34)16-26-31-25(32-36-26)6-2-5-23-11-9-18-4-3-13-29-28(18)30-23;/h7-12,14-15,22H,2-6,13,16-17H2,1H3,(H,29,30)(H,33,34);1H. The first-order chi connectivity index (χ1) is 17.6. The summed E-state index contributed by atoms with van der Waals surface area (Å²) >= 11 is 0. The molecular formula is C28H31ClN4O4. The van der Waals surface area contributed by atoms with Crippen LogP contribution in [0.1, 0.15) is 53.7 Å². The number of rotatable bonds is 10. The normalized spacial score (nSPS) is 13.3. The van der Waals surface area contributed by atoms with Gasteiger partial charge in [0.25, 0.3) is 0 Å². The van der Waals surface area contributed by atoms with Crippen molar-refractivity contribution in [3.8, 4) is 5.75 Å². The van der Waals surface area contributed by atoms with E-state index in [1.165, 1.54) is 5.56 Å². The third-order valence-electron chi connectivity index (χ3n) is 6.68. The minimum Gasteiger partial charge on any atom is -0.497 e. The number of fused-ring (bicyclic) bond motifs is 2. The highest BCUT2D eigenvalue weighted by Gasteiger charge is 2.20. The summed E-state index contributed by atoms with van der Waals surface area (Å²) in [6.45, 7) is 0.978. The van der Waals surface area contributed by atoms with E-state index in [4.69, 9.17) is 14.2 Å². The first-order valence-electron chi connectivity index (χ1n) is 12.4. The van der Waals surface area contributed by atoms with Crippen molar-refractivity contribution in [2.24, 2.45) is 0 Å². The molecule has 194 valence electrons. The number of pyridine rings is 1. The molecule has 0 spiro atoms. The number of aromatic nitrogens is 3. The number of carbonyl (C=O) groups is 1. The summed E-state index contributed by atoms with van der Waals surface area (Å²) in [4.78, 5) is 20.9. The minimum atomic E-state index is -0.860. The lowest BCUT2D eigenvalue weighted by molar-refractivity contribution is -0.137. The Balaban J connectivity index is 0.00000320. The Morgan fingerprint density at radius 1 is 1.11 bits per heavy atom. The van der Waals surface area contributed by atoms with Crippen molar-refractivity contribution in [1.82, 2.24) is 15.1 Å². The van der Waals surface area contributed by atoms with E-state index >= 15 is 0 Å². The predicted octanol–water partition coefficient (Wildman–Crippen LogP) is 5.38. The summed E-state index contributed by atoms with van der Waals surface area (Å²) in [7, 11) is 1.64. The summed E-state index contributed by atoms with van der Waals surface area (Å²) in [5.74, 6) is 1.77. The SMILES string of the molecule is COc1ccc2cc(C(CC(=O)O)Cc3nc(CCCc4ccc5c(n4)NCCC5)no3)ccc2c1.Cl. The van der Waals surface area contributed by atoms with Gasteiger partial charge < -0.3 is 19.7 Å². The van der Waals surface area contributed by atoms with Gasteiger partial charge in [-0.15, -0.1) is 12.4 Å². The second kappa shape index (κ2) is 12.1. The topological polar surface area (TPSA) is 110 Å². The van der Waals surface area contributed by atoms with Crippen LogP contribution in [0, 0.1) is 0 Å². The van der Waals surface area contributed by atoms with Gasteiger partial charge in [0, 0.05) is 31.0 Å². The van der Waals surface area contributed by atoms with Gasteiger partial charge in [0.15, 0.2) is 5.82 Å². The van der Waals surface area contributed by atoms with Crippen LogP contribution in [0.5, 0.6) is 5.75 Å². The largest absolute Gasteiger partial charge is 0.497 e. The van der Waals surface area contributed by atoms with Crippen LogP contribution in [-0.4, -0.2) is 39.9 Å². The number of carboxylic acids is 1. The Labute approximate surface area is 221 Å². The zero-order valence-electron chi connectivity index (χ0n) is 20.8. The lowest BCUT2D eigenvalue weighted by Gasteiger charge is -2.17. The van der Waals surface area contributed by atoms with Gasteiger partial charge in [0.05, 0.1) is 13.5 Å². The predicted molar refractivity (Wildman–Crippen MR) is 144 cm³/mol. The lowest BCUT2D eigenvalue weighted by atomic mass is 9.91. The van der Waals surface area contributed by atoms with Gasteiger partial charge in [-0.3, -0.25) is 4.79 Å². The molecule has 0 fully saturated rings. The van der Waals surface area contributed by atoms with E-state index in [2.05, 4.69) is 27.6 Å². The van der Waals surface area contributed by atoms with Crippen molar-refractivity contribution in [2.45, 2.75) is 50.9 Å². The summed E-state index contributed by atoms with van der Waals surface area (Å²) in [6.07, 6.45) is 4.96. The fraction of sp³-hybridized carbons (Fsp3) is 0.357. The van der Waals surface area contributed by atoms with E-state index in [0.29, 0.717) is 24.6 Å². The summed E-state index contributed by atoms with van der Waals surface area (Å²) < 4.78 is 10.8. The Morgan fingerprint density at radius 3 is 2.78 bits per heavy atom. The monoisotopic (exact) mass is 522 g/mol. The zero-order chi connectivity index (χ0) is 24.9. The molecule has 8 nitrogen and oxygen atoms in total. The van der Waals surface area contributed by atoms with Gasteiger partial charge in [-0.2, -0.15) is 4.98 Å². The van der Waals surface area contributed by atoms with Gasteiger partial charge >= 0.3 is 5.97 Å². The van der Waals surface area contributed by atoms with E-state index < -0.39 is 5.97 Å². The number of nitrogens with zero attached hydrogens (tertiary/aromatic N) is 3. The second-order valence-corrected chi connectivity index (χ2v) is 9.27. The summed E-state index contributed by atoms with van der Waals surface area (Å²) in [5, 5.41) is 19.1. The first-order valence-corrected chi connectivity index (χ1v) is 12.4. The molecule has 0 aliphatic carbocycles. The number of nitrogens with one attached hydrogen (secondary N) is 1. The van der Waals surface area contributed by atoms with Gasteiger partial charge in [-0.05, 0) is 65.8 Å². The second-order valence-electron chi connectivity index (χ2n) is 9.27. The minimum absolute atomic E-state index is 0. The first kappa shape index (κ1) is 26.4. The smallest absolute Gasteiger partial charge is 0.303 e. The highest BCUT2D eigenvalue weighted by molar-refractivity contribution is 5.85. The van der Waals surface area contributed by atoms with Crippen molar-refractivity contribution in [2.75, 3.05) is 19.0 Å². The van der Waals surface area contributed by atoms with Crippen LogP contribution in [0.2, 0.25) is 0 Å². The van der Waals surface area contributed by atoms with Crippen molar-refractivity contribution in [3.05, 3.63) is 77.1 Å². The molecule has 2 N–H and O–H groups in total. The molecule has 0 saturated carbocycles.